The maximum atomic E-state index is 11.4. The molecule has 0 aliphatic carbocycles. The molecule has 0 bridgehead atoms. The summed E-state index contributed by atoms with van der Waals surface area (Å²) >= 11 is 0. The smallest absolute Gasteiger partial charge is 0.224 e. The van der Waals surface area contributed by atoms with Crippen LogP contribution in [-0.2, 0) is 14.8 Å². The summed E-state index contributed by atoms with van der Waals surface area (Å²) in [5, 5.41) is 5.48. The highest BCUT2D eigenvalue weighted by atomic mass is 32.2. The average molecular weight is 251 g/mol. The molecule has 0 aliphatic rings. The summed E-state index contributed by atoms with van der Waals surface area (Å²) in [6.07, 6.45) is 0. The van der Waals surface area contributed by atoms with Crippen LogP contribution in [0.15, 0.2) is 0 Å². The van der Waals surface area contributed by atoms with Crippen LogP contribution in [0.5, 0.6) is 0 Å². The summed E-state index contributed by atoms with van der Waals surface area (Å²) < 4.78 is 23.9. The van der Waals surface area contributed by atoms with E-state index >= 15 is 0 Å². The number of amides is 1. The second-order valence-corrected chi connectivity index (χ2v) is 6.15. The minimum absolute atomic E-state index is 0.0714. The highest BCUT2D eigenvalue weighted by molar-refractivity contribution is 7.89. The topological polar surface area (TPSA) is 78.5 Å². The van der Waals surface area contributed by atoms with E-state index in [2.05, 4.69) is 10.6 Å². The van der Waals surface area contributed by atoms with E-state index in [4.69, 9.17) is 0 Å². The first-order valence-corrected chi connectivity index (χ1v) is 6.74. The molecule has 96 valence electrons. The first-order valence-electron chi connectivity index (χ1n) is 5.13. The lowest BCUT2D eigenvalue weighted by atomic mass is 10.1. The summed E-state index contributed by atoms with van der Waals surface area (Å²) in [5.74, 6) is -0.367. The van der Waals surface area contributed by atoms with Gasteiger partial charge in [0, 0.05) is 33.1 Å². The van der Waals surface area contributed by atoms with Crippen LogP contribution in [0.2, 0.25) is 0 Å². The summed E-state index contributed by atoms with van der Waals surface area (Å²) in [7, 11) is 1.48. The van der Waals surface area contributed by atoms with Crippen LogP contribution in [0.1, 0.15) is 6.92 Å². The predicted molar refractivity (Wildman–Crippen MR) is 63.6 cm³/mol. The fourth-order valence-corrected chi connectivity index (χ4v) is 1.78. The summed E-state index contributed by atoms with van der Waals surface area (Å²) in [6, 6.07) is 0. The van der Waals surface area contributed by atoms with Crippen molar-refractivity contribution in [1.82, 2.24) is 14.9 Å². The molecule has 0 saturated heterocycles. The fourth-order valence-electron chi connectivity index (χ4n) is 1.06. The van der Waals surface area contributed by atoms with Gasteiger partial charge in [-0.1, -0.05) is 6.92 Å². The molecule has 0 spiro atoms. The van der Waals surface area contributed by atoms with Crippen molar-refractivity contribution in [3.05, 3.63) is 0 Å². The molecule has 0 aromatic heterocycles. The van der Waals surface area contributed by atoms with E-state index in [0.29, 0.717) is 6.54 Å². The molecule has 7 heteroatoms. The molecule has 0 aromatic carbocycles. The van der Waals surface area contributed by atoms with E-state index in [1.165, 1.54) is 14.1 Å². The number of hydrogen-bond donors (Lipinski definition) is 2. The van der Waals surface area contributed by atoms with Gasteiger partial charge in [0.05, 0.1) is 5.75 Å². The fraction of sp³-hybridized carbons (Fsp3) is 0.889. The van der Waals surface area contributed by atoms with Crippen molar-refractivity contribution in [2.75, 3.05) is 40.0 Å². The zero-order chi connectivity index (χ0) is 12.8. The number of nitrogens with one attached hydrogen (secondary N) is 2. The van der Waals surface area contributed by atoms with Gasteiger partial charge in [-0.05, 0) is 7.05 Å². The molecule has 1 unspecified atom stereocenters. The molecule has 0 heterocycles. The third-order valence-corrected chi connectivity index (χ3v) is 4.01. The Morgan fingerprint density at radius 2 is 1.94 bits per heavy atom. The SMILES string of the molecule is CNCC(C)C(=O)NCCS(=O)(=O)N(C)C. The van der Waals surface area contributed by atoms with E-state index in [-0.39, 0.29) is 24.1 Å². The standard InChI is InChI=1S/C9H21N3O3S/c1-8(7-10-2)9(13)11-5-6-16(14,15)12(3)4/h8,10H,5-7H2,1-4H3,(H,11,13). The zero-order valence-electron chi connectivity index (χ0n) is 10.3. The Hall–Kier alpha value is -0.660. The minimum atomic E-state index is -3.23. The Morgan fingerprint density at radius 1 is 1.38 bits per heavy atom. The first-order chi connectivity index (χ1) is 7.31. The number of rotatable bonds is 7. The normalized spacial score (nSPS) is 13.8. The largest absolute Gasteiger partial charge is 0.355 e. The summed E-state index contributed by atoms with van der Waals surface area (Å²) in [6.45, 7) is 2.51. The van der Waals surface area contributed by atoms with Gasteiger partial charge in [-0.25, -0.2) is 12.7 Å². The molecule has 1 amide bonds. The molecule has 6 nitrogen and oxygen atoms in total. The minimum Gasteiger partial charge on any atom is -0.355 e. The van der Waals surface area contributed by atoms with Crippen molar-refractivity contribution < 1.29 is 13.2 Å². The molecule has 1 atom stereocenters. The van der Waals surface area contributed by atoms with Crippen molar-refractivity contribution in [3.8, 4) is 0 Å². The Labute approximate surface area is 97.4 Å². The van der Waals surface area contributed by atoms with Crippen molar-refractivity contribution in [1.29, 1.82) is 0 Å². The lowest BCUT2D eigenvalue weighted by Crippen LogP contribution is -2.38. The second-order valence-electron chi connectivity index (χ2n) is 3.85. The van der Waals surface area contributed by atoms with Gasteiger partial charge in [0.15, 0.2) is 0 Å². The number of sulfonamides is 1. The maximum Gasteiger partial charge on any atom is 0.224 e. The van der Waals surface area contributed by atoms with Gasteiger partial charge in [0.25, 0.3) is 0 Å². The van der Waals surface area contributed by atoms with Crippen LogP contribution in [0, 0.1) is 5.92 Å². The quantitative estimate of drug-likeness (QED) is 0.599. The molecular formula is C9H21N3O3S. The summed E-state index contributed by atoms with van der Waals surface area (Å²) in [5.41, 5.74) is 0. The van der Waals surface area contributed by atoms with Gasteiger partial charge in [0.1, 0.15) is 0 Å². The van der Waals surface area contributed by atoms with Crippen LogP contribution in [0.4, 0.5) is 0 Å². The van der Waals surface area contributed by atoms with E-state index < -0.39 is 10.0 Å². The van der Waals surface area contributed by atoms with Gasteiger partial charge in [-0.3, -0.25) is 4.79 Å². The maximum absolute atomic E-state index is 11.4. The van der Waals surface area contributed by atoms with Crippen LogP contribution in [0.3, 0.4) is 0 Å². The van der Waals surface area contributed by atoms with Gasteiger partial charge in [-0.2, -0.15) is 0 Å². The van der Waals surface area contributed by atoms with E-state index in [1.54, 1.807) is 14.0 Å². The zero-order valence-corrected chi connectivity index (χ0v) is 11.1. The Morgan fingerprint density at radius 3 is 2.38 bits per heavy atom. The molecule has 0 aromatic rings. The van der Waals surface area contributed by atoms with Crippen LogP contribution >= 0.6 is 0 Å². The monoisotopic (exact) mass is 251 g/mol. The van der Waals surface area contributed by atoms with Crippen LogP contribution in [-0.4, -0.2) is 58.6 Å². The molecule has 0 fully saturated rings. The van der Waals surface area contributed by atoms with Crippen molar-refractivity contribution in [2.45, 2.75) is 6.92 Å². The van der Waals surface area contributed by atoms with Crippen molar-refractivity contribution in [3.63, 3.8) is 0 Å². The Kier molecular flexibility index (Phi) is 6.54. The number of carbonyl (C=O) groups is 1. The lowest BCUT2D eigenvalue weighted by Gasteiger charge is -2.13. The Bertz CT molecular complexity index is 314. The molecule has 16 heavy (non-hydrogen) atoms. The third kappa shape index (κ3) is 5.43. The number of nitrogens with zero attached hydrogens (tertiary/aromatic N) is 1. The summed E-state index contributed by atoms with van der Waals surface area (Å²) in [4.78, 5) is 11.4. The van der Waals surface area contributed by atoms with E-state index in [1.807, 2.05) is 0 Å². The highest BCUT2D eigenvalue weighted by Gasteiger charge is 2.15. The molecule has 0 saturated carbocycles. The highest BCUT2D eigenvalue weighted by Crippen LogP contribution is 1.94. The van der Waals surface area contributed by atoms with Crippen molar-refractivity contribution >= 4 is 15.9 Å². The average Bonchev–Trinajstić information content (AvgIpc) is 2.17. The van der Waals surface area contributed by atoms with E-state index in [9.17, 15) is 13.2 Å². The molecule has 0 radical (unpaired) electrons. The van der Waals surface area contributed by atoms with Gasteiger partial charge in [0.2, 0.25) is 15.9 Å². The van der Waals surface area contributed by atoms with Crippen LogP contribution < -0.4 is 10.6 Å². The lowest BCUT2D eigenvalue weighted by molar-refractivity contribution is -0.124. The number of hydrogen-bond acceptors (Lipinski definition) is 4. The predicted octanol–water partition coefficient (Wildman–Crippen LogP) is -1.15. The van der Waals surface area contributed by atoms with E-state index in [0.717, 1.165) is 4.31 Å². The first kappa shape index (κ1) is 15.3. The second kappa shape index (κ2) is 6.82. The molecular weight excluding hydrogens is 230 g/mol. The molecule has 0 rings (SSSR count). The van der Waals surface area contributed by atoms with Gasteiger partial charge < -0.3 is 10.6 Å². The number of carbonyl (C=O) groups excluding carboxylic acids is 1. The molecule has 2 N–H and O–H groups in total. The van der Waals surface area contributed by atoms with Gasteiger partial charge in [-0.15, -0.1) is 0 Å². The van der Waals surface area contributed by atoms with Crippen LogP contribution in [0.25, 0.3) is 0 Å². The molecule has 0 aliphatic heterocycles. The third-order valence-electron chi connectivity index (χ3n) is 2.17. The van der Waals surface area contributed by atoms with Gasteiger partial charge >= 0.3 is 0 Å². The van der Waals surface area contributed by atoms with Crippen molar-refractivity contribution in [2.24, 2.45) is 5.92 Å². The Balaban J connectivity index is 3.96.